The van der Waals surface area contributed by atoms with Crippen molar-refractivity contribution in [3.63, 3.8) is 0 Å². The first kappa shape index (κ1) is 15.1. The van der Waals surface area contributed by atoms with Crippen LogP contribution in [-0.2, 0) is 6.54 Å². The number of aliphatic imine (C=N–C) groups is 1. The number of hydrogen-bond acceptors (Lipinski definition) is 4. The quantitative estimate of drug-likeness (QED) is 0.412. The van der Waals surface area contributed by atoms with Gasteiger partial charge in [0, 0.05) is 13.6 Å². The van der Waals surface area contributed by atoms with Gasteiger partial charge in [0.1, 0.15) is 5.82 Å². The average Bonchev–Trinajstić information content (AvgIpc) is 3.17. The summed E-state index contributed by atoms with van der Waals surface area (Å²) in [5.74, 6) is 2.71. The maximum absolute atomic E-state index is 5.25. The summed E-state index contributed by atoms with van der Waals surface area (Å²) in [5, 5.41) is 13.5. The summed E-state index contributed by atoms with van der Waals surface area (Å²) in [6.45, 7) is 3.64. The molecule has 0 atom stereocenters. The van der Waals surface area contributed by atoms with Gasteiger partial charge in [-0.1, -0.05) is 19.8 Å². The van der Waals surface area contributed by atoms with Crippen LogP contribution >= 0.6 is 0 Å². The van der Waals surface area contributed by atoms with Gasteiger partial charge in [-0.15, -0.1) is 5.10 Å². The molecule has 7 nitrogen and oxygen atoms in total. The zero-order valence-electron chi connectivity index (χ0n) is 12.5. The van der Waals surface area contributed by atoms with Crippen LogP contribution in [-0.4, -0.2) is 34.7 Å². The molecule has 0 saturated carbocycles. The third-order valence-corrected chi connectivity index (χ3v) is 2.99. The molecule has 7 heteroatoms. The molecule has 0 aliphatic heterocycles. The first-order chi connectivity index (χ1) is 10.3. The molecule has 3 N–H and O–H groups in total. The van der Waals surface area contributed by atoms with Crippen molar-refractivity contribution in [1.29, 1.82) is 0 Å². The van der Waals surface area contributed by atoms with E-state index in [0.29, 0.717) is 18.1 Å². The summed E-state index contributed by atoms with van der Waals surface area (Å²) in [6, 6.07) is 3.64. The molecule has 0 aliphatic carbocycles. The molecule has 0 bridgehead atoms. The molecule has 0 radical (unpaired) electrons. The van der Waals surface area contributed by atoms with Gasteiger partial charge in [0.2, 0.25) is 5.82 Å². The monoisotopic (exact) mass is 290 g/mol. The Kier molecular flexibility index (Phi) is 5.81. The second-order valence-electron chi connectivity index (χ2n) is 4.64. The number of nitrogens with zero attached hydrogens (tertiary/aromatic N) is 3. The summed E-state index contributed by atoms with van der Waals surface area (Å²) in [7, 11) is 1.75. The normalized spacial score (nSPS) is 11.6. The van der Waals surface area contributed by atoms with Gasteiger partial charge < -0.3 is 15.1 Å². The number of aromatic amines is 1. The first-order valence-electron chi connectivity index (χ1n) is 7.23. The van der Waals surface area contributed by atoms with Crippen LogP contribution in [0.5, 0.6) is 0 Å². The van der Waals surface area contributed by atoms with E-state index in [1.54, 1.807) is 13.3 Å². The summed E-state index contributed by atoms with van der Waals surface area (Å²) < 4.78 is 5.25. The topological polar surface area (TPSA) is 91.1 Å². The second kappa shape index (κ2) is 8.08. The molecule has 0 aliphatic rings. The minimum Gasteiger partial charge on any atom is -0.461 e. The Morgan fingerprint density at radius 1 is 1.38 bits per heavy atom. The van der Waals surface area contributed by atoms with Crippen LogP contribution in [0.15, 0.2) is 27.8 Å². The SMILES string of the molecule is CCCCCNC(=NC)NCc1nc(-c2ccco2)n[nH]1. The standard InChI is InChI=1S/C14H22N6O/c1-3-4-5-8-16-14(15-2)17-10-12-18-13(20-19-12)11-7-6-9-21-11/h6-7,9H,3-5,8,10H2,1-2H3,(H2,15,16,17)(H,18,19,20). The van der Waals surface area contributed by atoms with Crippen molar-refractivity contribution in [2.24, 2.45) is 4.99 Å². The highest BCUT2D eigenvalue weighted by atomic mass is 16.3. The van der Waals surface area contributed by atoms with Crippen molar-refractivity contribution in [2.45, 2.75) is 32.7 Å². The lowest BCUT2D eigenvalue weighted by molar-refractivity contribution is 0.577. The van der Waals surface area contributed by atoms with E-state index in [4.69, 9.17) is 4.42 Å². The van der Waals surface area contributed by atoms with Gasteiger partial charge in [0.15, 0.2) is 11.7 Å². The van der Waals surface area contributed by atoms with Gasteiger partial charge in [-0.3, -0.25) is 10.1 Å². The number of unbranched alkanes of at least 4 members (excludes halogenated alkanes) is 2. The largest absolute Gasteiger partial charge is 0.461 e. The third kappa shape index (κ3) is 4.62. The molecule has 2 rings (SSSR count). The molecule has 0 spiro atoms. The van der Waals surface area contributed by atoms with E-state index in [9.17, 15) is 0 Å². The molecule has 0 fully saturated rings. The van der Waals surface area contributed by atoms with E-state index in [-0.39, 0.29) is 0 Å². The van der Waals surface area contributed by atoms with Gasteiger partial charge in [-0.2, -0.15) is 0 Å². The van der Waals surface area contributed by atoms with E-state index in [0.717, 1.165) is 24.7 Å². The van der Waals surface area contributed by atoms with Crippen LogP contribution < -0.4 is 10.6 Å². The predicted octanol–water partition coefficient (Wildman–Crippen LogP) is 1.92. The van der Waals surface area contributed by atoms with Crippen LogP contribution in [0.1, 0.15) is 32.0 Å². The number of guanidine groups is 1. The number of H-pyrrole nitrogens is 1. The second-order valence-corrected chi connectivity index (χ2v) is 4.64. The fraction of sp³-hybridized carbons (Fsp3) is 0.500. The zero-order valence-corrected chi connectivity index (χ0v) is 12.5. The lowest BCUT2D eigenvalue weighted by atomic mass is 10.2. The summed E-state index contributed by atoms with van der Waals surface area (Å²) in [4.78, 5) is 8.53. The van der Waals surface area contributed by atoms with Crippen molar-refractivity contribution in [1.82, 2.24) is 25.8 Å². The molecular weight excluding hydrogens is 268 g/mol. The fourth-order valence-corrected chi connectivity index (χ4v) is 1.86. The molecule has 114 valence electrons. The molecule has 0 aromatic carbocycles. The van der Waals surface area contributed by atoms with Gasteiger partial charge >= 0.3 is 0 Å². The molecule has 2 aromatic heterocycles. The Morgan fingerprint density at radius 2 is 2.29 bits per heavy atom. The lowest BCUT2D eigenvalue weighted by Crippen LogP contribution is -2.37. The van der Waals surface area contributed by atoms with Gasteiger partial charge in [0.05, 0.1) is 12.8 Å². The van der Waals surface area contributed by atoms with Gasteiger partial charge in [-0.05, 0) is 18.6 Å². The van der Waals surface area contributed by atoms with E-state index in [2.05, 4.69) is 37.7 Å². The fourth-order valence-electron chi connectivity index (χ4n) is 1.86. The summed E-state index contributed by atoms with van der Waals surface area (Å²) in [5.41, 5.74) is 0. The Labute approximate surface area is 124 Å². The van der Waals surface area contributed by atoms with E-state index >= 15 is 0 Å². The molecule has 2 aromatic rings. The van der Waals surface area contributed by atoms with Crippen molar-refractivity contribution in [3.8, 4) is 11.6 Å². The van der Waals surface area contributed by atoms with Gasteiger partial charge in [0.25, 0.3) is 0 Å². The summed E-state index contributed by atoms with van der Waals surface area (Å²) in [6.07, 6.45) is 5.17. The van der Waals surface area contributed by atoms with Crippen LogP contribution in [0.25, 0.3) is 11.6 Å². The molecule has 21 heavy (non-hydrogen) atoms. The van der Waals surface area contributed by atoms with Crippen LogP contribution in [0.3, 0.4) is 0 Å². The summed E-state index contributed by atoms with van der Waals surface area (Å²) >= 11 is 0. The molecule has 0 saturated heterocycles. The third-order valence-electron chi connectivity index (χ3n) is 2.99. The minimum absolute atomic E-state index is 0.529. The van der Waals surface area contributed by atoms with Crippen molar-refractivity contribution in [3.05, 3.63) is 24.2 Å². The van der Waals surface area contributed by atoms with Crippen molar-refractivity contribution in [2.75, 3.05) is 13.6 Å². The minimum atomic E-state index is 0.529. The number of rotatable bonds is 7. The first-order valence-corrected chi connectivity index (χ1v) is 7.23. The average molecular weight is 290 g/mol. The highest BCUT2D eigenvalue weighted by molar-refractivity contribution is 5.79. The van der Waals surface area contributed by atoms with E-state index < -0.39 is 0 Å². The van der Waals surface area contributed by atoms with E-state index in [1.807, 2.05) is 12.1 Å². The number of furan rings is 1. The van der Waals surface area contributed by atoms with Crippen molar-refractivity contribution < 1.29 is 4.42 Å². The Hall–Kier alpha value is -2.31. The lowest BCUT2D eigenvalue weighted by Gasteiger charge is -2.10. The molecule has 0 unspecified atom stereocenters. The van der Waals surface area contributed by atoms with Crippen LogP contribution in [0, 0.1) is 0 Å². The Bertz CT molecular complexity index is 546. The molecular formula is C14H22N6O. The maximum atomic E-state index is 5.25. The van der Waals surface area contributed by atoms with Crippen LogP contribution in [0.4, 0.5) is 0 Å². The van der Waals surface area contributed by atoms with Crippen LogP contribution in [0.2, 0.25) is 0 Å². The highest BCUT2D eigenvalue weighted by Gasteiger charge is 2.08. The van der Waals surface area contributed by atoms with E-state index in [1.165, 1.54) is 12.8 Å². The number of hydrogen-bond donors (Lipinski definition) is 3. The Morgan fingerprint density at radius 3 is 3.00 bits per heavy atom. The number of nitrogens with one attached hydrogen (secondary N) is 3. The molecule has 2 heterocycles. The number of aromatic nitrogens is 3. The predicted molar refractivity (Wildman–Crippen MR) is 81.8 cm³/mol. The zero-order chi connectivity index (χ0) is 14.9. The van der Waals surface area contributed by atoms with Gasteiger partial charge in [-0.25, -0.2) is 4.98 Å². The maximum Gasteiger partial charge on any atom is 0.216 e. The Balaban J connectivity index is 1.79. The molecule has 0 amide bonds. The smallest absolute Gasteiger partial charge is 0.216 e. The highest BCUT2D eigenvalue weighted by Crippen LogP contribution is 2.14. The van der Waals surface area contributed by atoms with Crippen molar-refractivity contribution >= 4 is 5.96 Å².